The molecule has 8 saturated carbocycles. The van der Waals surface area contributed by atoms with Gasteiger partial charge in [0.15, 0.2) is 0 Å². The normalized spacial score (nSPS) is 57.2. The van der Waals surface area contributed by atoms with E-state index in [1.165, 1.54) is 11.3 Å². The molecule has 0 aromatic heterocycles. The highest BCUT2D eigenvalue weighted by molar-refractivity contribution is 7.60. The first-order valence-electron chi connectivity index (χ1n) is 11.7. The average Bonchev–Trinajstić information content (AvgIpc) is 2.50. The van der Waals surface area contributed by atoms with Crippen molar-refractivity contribution in [3.8, 4) is 0 Å². The fraction of sp³-hybridized carbons (Fsp3) is 1.00. The molecule has 0 N–H and O–H groups in total. The summed E-state index contributed by atoms with van der Waals surface area (Å²) in [6.45, 7) is 7.98. The van der Waals surface area contributed by atoms with Crippen molar-refractivity contribution in [2.75, 3.05) is 0 Å². The van der Waals surface area contributed by atoms with Gasteiger partial charge in [0, 0.05) is 0 Å². The maximum absolute atomic E-state index is 2.66. The summed E-state index contributed by atoms with van der Waals surface area (Å²) in [5.41, 5.74) is 2.34. The van der Waals surface area contributed by atoms with E-state index in [4.69, 9.17) is 0 Å². The third kappa shape index (κ3) is 2.48. The lowest BCUT2D eigenvalue weighted by molar-refractivity contribution is 0.0120. The minimum Gasteiger partial charge on any atom is -0.0937 e. The fourth-order valence-corrected chi connectivity index (χ4v) is 14.8. The molecule has 0 spiro atoms. The number of hydrogen-bond donors (Lipinski definition) is 0. The summed E-state index contributed by atoms with van der Waals surface area (Å²) in [7, 11) is 0.198. The summed E-state index contributed by atoms with van der Waals surface area (Å²) in [5.74, 6) is 9.20. The predicted octanol–water partition coefficient (Wildman–Crippen LogP) is 6.92. The van der Waals surface area contributed by atoms with Crippen molar-refractivity contribution in [1.29, 1.82) is 0 Å². The molecule has 0 aromatic rings. The minimum absolute atomic E-state index is 0.198. The molecule has 8 rings (SSSR count). The quantitative estimate of drug-likeness (QED) is 0.470. The third-order valence-electron chi connectivity index (χ3n) is 9.77. The van der Waals surface area contributed by atoms with Crippen LogP contribution in [0, 0.1) is 47.3 Å². The Labute approximate surface area is 157 Å². The number of hydrogen-bond acceptors (Lipinski definition) is 0. The smallest absolute Gasteiger partial charge is 0.0145 e. The monoisotopic (exact) mass is 358 g/mol. The zero-order valence-corrected chi connectivity index (χ0v) is 17.7. The van der Waals surface area contributed by atoms with Crippen LogP contribution in [-0.4, -0.2) is 16.5 Å². The Morgan fingerprint density at radius 3 is 1.00 bits per heavy atom. The molecule has 140 valence electrons. The van der Waals surface area contributed by atoms with Gasteiger partial charge in [-0.2, -0.15) is 0 Å². The molecule has 0 heterocycles. The van der Waals surface area contributed by atoms with Crippen molar-refractivity contribution < 1.29 is 0 Å². The van der Waals surface area contributed by atoms with Crippen LogP contribution < -0.4 is 0 Å². The predicted molar refractivity (Wildman–Crippen MR) is 108 cm³/mol. The van der Waals surface area contributed by atoms with E-state index in [9.17, 15) is 0 Å². The van der Waals surface area contributed by atoms with Crippen molar-refractivity contribution in [2.24, 2.45) is 47.3 Å². The van der Waals surface area contributed by atoms with Gasteiger partial charge in [-0.15, -0.1) is 0 Å². The molecule has 0 aliphatic heterocycles. The van der Waals surface area contributed by atoms with E-state index < -0.39 is 0 Å². The van der Waals surface area contributed by atoms with Crippen LogP contribution in [0.5, 0.6) is 0 Å². The highest BCUT2D eigenvalue weighted by Crippen LogP contribution is 2.74. The van der Waals surface area contributed by atoms with Crippen molar-refractivity contribution in [3.05, 3.63) is 0 Å². The summed E-state index contributed by atoms with van der Waals surface area (Å²) < 4.78 is 0. The van der Waals surface area contributed by atoms with Crippen molar-refractivity contribution in [3.63, 3.8) is 0 Å². The zero-order valence-electron chi connectivity index (χ0n) is 16.8. The molecule has 8 aliphatic carbocycles. The highest BCUT2D eigenvalue weighted by Gasteiger charge is 2.58. The Kier molecular flexibility index (Phi) is 3.60. The Balaban J connectivity index is 1.36. The van der Waals surface area contributed by atoms with Gasteiger partial charge in [-0.3, -0.25) is 0 Å². The molecular formula is C24H39P. The standard InChI is InChI=1S/C24H39P/c1-24(2,3)25(22-18-6-14-4-15(8-18)9-19(22)7-14)23-20-10-16-5-17(12-20)13-21(23)11-16/h14-23H,4-13H2,1-3H3. The van der Waals surface area contributed by atoms with E-state index in [2.05, 4.69) is 20.8 Å². The zero-order chi connectivity index (χ0) is 16.9. The van der Waals surface area contributed by atoms with Crippen LogP contribution in [0.25, 0.3) is 0 Å². The molecule has 0 amide bonds. The van der Waals surface area contributed by atoms with Crippen molar-refractivity contribution in [1.82, 2.24) is 0 Å². The Bertz CT molecular complexity index is 445. The van der Waals surface area contributed by atoms with Crippen LogP contribution >= 0.6 is 7.92 Å². The molecule has 0 radical (unpaired) electrons. The average molecular weight is 359 g/mol. The van der Waals surface area contributed by atoms with Crippen LogP contribution in [-0.2, 0) is 0 Å². The SMILES string of the molecule is CC(C)(C)P(C1C2CC3CC(C2)CC1C3)C1C2CC3CC(C2)CC1C3. The topological polar surface area (TPSA) is 0 Å². The molecule has 0 saturated heterocycles. The maximum Gasteiger partial charge on any atom is -0.0145 e. The summed E-state index contributed by atoms with van der Waals surface area (Å²) in [6.07, 6.45) is 16.3. The van der Waals surface area contributed by atoms with Gasteiger partial charge in [0.25, 0.3) is 0 Å². The lowest BCUT2D eigenvalue weighted by atomic mass is 9.55. The summed E-state index contributed by atoms with van der Waals surface area (Å²) >= 11 is 0. The molecule has 25 heavy (non-hydrogen) atoms. The lowest BCUT2D eigenvalue weighted by Crippen LogP contribution is -2.54. The van der Waals surface area contributed by atoms with Crippen molar-refractivity contribution in [2.45, 2.75) is 101 Å². The molecule has 0 unspecified atom stereocenters. The van der Waals surface area contributed by atoms with Gasteiger partial charge in [0.1, 0.15) is 0 Å². The largest absolute Gasteiger partial charge is 0.0937 e. The first-order chi connectivity index (χ1) is 12.0. The van der Waals surface area contributed by atoms with Gasteiger partial charge in [0.2, 0.25) is 0 Å². The van der Waals surface area contributed by atoms with Gasteiger partial charge >= 0.3 is 0 Å². The van der Waals surface area contributed by atoms with E-state index in [0.29, 0.717) is 5.16 Å². The second-order valence-electron chi connectivity index (χ2n) is 12.4. The first kappa shape index (κ1) is 16.4. The molecule has 8 aliphatic rings. The maximum atomic E-state index is 2.66. The molecule has 0 nitrogen and oxygen atoms in total. The Morgan fingerprint density at radius 1 is 0.480 bits per heavy atom. The summed E-state index contributed by atoms with van der Waals surface area (Å²) in [5, 5.41) is 0.593. The summed E-state index contributed by atoms with van der Waals surface area (Å²) in [4.78, 5) is 0. The van der Waals surface area contributed by atoms with Gasteiger partial charge in [0.05, 0.1) is 0 Å². The summed E-state index contributed by atoms with van der Waals surface area (Å²) in [6, 6.07) is 0. The van der Waals surface area contributed by atoms with Crippen LogP contribution in [0.4, 0.5) is 0 Å². The lowest BCUT2D eigenvalue weighted by Gasteiger charge is -2.64. The second-order valence-corrected chi connectivity index (χ2v) is 15.8. The van der Waals surface area contributed by atoms with Gasteiger partial charge < -0.3 is 0 Å². The first-order valence-corrected chi connectivity index (χ1v) is 13.2. The van der Waals surface area contributed by atoms with Gasteiger partial charge in [-0.05, 0) is 128 Å². The Hall–Kier alpha value is 0.430. The Morgan fingerprint density at radius 2 is 0.760 bits per heavy atom. The molecule has 0 atom stereocenters. The van der Waals surface area contributed by atoms with Crippen molar-refractivity contribution >= 4 is 7.92 Å². The van der Waals surface area contributed by atoms with E-state index in [-0.39, 0.29) is 7.92 Å². The highest BCUT2D eigenvalue weighted by atomic mass is 31.1. The molecule has 0 aromatic carbocycles. The minimum atomic E-state index is 0.198. The van der Waals surface area contributed by atoms with E-state index in [0.717, 1.165) is 47.3 Å². The van der Waals surface area contributed by atoms with Crippen LogP contribution in [0.1, 0.15) is 85.0 Å². The molecule has 1 heteroatoms. The van der Waals surface area contributed by atoms with E-state index in [1.807, 2.05) is 0 Å². The van der Waals surface area contributed by atoms with E-state index in [1.54, 1.807) is 64.2 Å². The van der Waals surface area contributed by atoms with Crippen LogP contribution in [0.3, 0.4) is 0 Å². The van der Waals surface area contributed by atoms with Crippen LogP contribution in [0.2, 0.25) is 0 Å². The third-order valence-corrected chi connectivity index (χ3v) is 14.3. The fourth-order valence-electron chi connectivity index (χ4n) is 9.79. The second kappa shape index (κ2) is 5.49. The van der Waals surface area contributed by atoms with Gasteiger partial charge in [-0.1, -0.05) is 28.7 Å². The molecule has 8 bridgehead atoms. The number of rotatable bonds is 2. The molecular weight excluding hydrogens is 319 g/mol. The molecule has 8 fully saturated rings. The van der Waals surface area contributed by atoms with Crippen LogP contribution in [0.15, 0.2) is 0 Å². The van der Waals surface area contributed by atoms with Gasteiger partial charge in [-0.25, -0.2) is 0 Å². The van der Waals surface area contributed by atoms with E-state index >= 15 is 0 Å².